The van der Waals surface area contributed by atoms with Crippen molar-refractivity contribution in [3.8, 4) is 5.95 Å². The number of rotatable bonds is 9. The van der Waals surface area contributed by atoms with Crippen molar-refractivity contribution >= 4 is 29.0 Å². The summed E-state index contributed by atoms with van der Waals surface area (Å²) in [6.45, 7) is 6.80. The van der Waals surface area contributed by atoms with E-state index in [4.69, 9.17) is 4.74 Å². The fraction of sp³-hybridized carbons (Fsp3) is 0.286. The predicted molar refractivity (Wildman–Crippen MR) is 149 cm³/mol. The van der Waals surface area contributed by atoms with Crippen molar-refractivity contribution in [3.05, 3.63) is 83.8 Å². The Hall–Kier alpha value is -4.49. The van der Waals surface area contributed by atoms with E-state index in [2.05, 4.69) is 35.8 Å². The number of alkyl halides is 3. The highest BCUT2D eigenvalue weighted by Gasteiger charge is 2.31. The summed E-state index contributed by atoms with van der Waals surface area (Å²) in [5, 5.41) is 9.24. The molecule has 1 amide bonds. The second kappa shape index (κ2) is 12.4. The fourth-order valence-corrected chi connectivity index (χ4v) is 4.28. The first-order valence-electron chi connectivity index (χ1n) is 13.0. The lowest BCUT2D eigenvalue weighted by Gasteiger charge is -2.26. The Morgan fingerprint density at radius 3 is 2.68 bits per heavy atom. The first-order valence-corrected chi connectivity index (χ1v) is 13.0. The van der Waals surface area contributed by atoms with Crippen molar-refractivity contribution < 1.29 is 22.7 Å². The number of imidazole rings is 1. The SMILES string of the molecule is Cc1ccc(NC(=O)c2cccc(C(F)(F)F)c2)cc1Nc1nccn1-c1nccc(NCCN2CCOCC2)n1. The predicted octanol–water partition coefficient (Wildman–Crippen LogP) is 4.73. The summed E-state index contributed by atoms with van der Waals surface area (Å²) >= 11 is 0. The van der Waals surface area contributed by atoms with Crippen LogP contribution in [0.2, 0.25) is 0 Å². The molecule has 10 nitrogen and oxygen atoms in total. The van der Waals surface area contributed by atoms with Crippen LogP contribution in [0.4, 0.5) is 36.3 Å². The number of nitrogens with one attached hydrogen (secondary N) is 3. The lowest BCUT2D eigenvalue weighted by molar-refractivity contribution is -0.137. The third-order valence-corrected chi connectivity index (χ3v) is 6.53. The zero-order valence-electron chi connectivity index (χ0n) is 22.3. The zero-order chi connectivity index (χ0) is 28.8. The van der Waals surface area contributed by atoms with Crippen molar-refractivity contribution in [2.45, 2.75) is 13.1 Å². The fourth-order valence-electron chi connectivity index (χ4n) is 4.28. The molecule has 3 heterocycles. The number of halogens is 3. The molecule has 0 aliphatic carbocycles. The number of nitrogens with zero attached hydrogens (tertiary/aromatic N) is 5. The van der Waals surface area contributed by atoms with Crippen LogP contribution in [0.1, 0.15) is 21.5 Å². The van der Waals surface area contributed by atoms with Gasteiger partial charge in [-0.3, -0.25) is 14.3 Å². The van der Waals surface area contributed by atoms with Crippen molar-refractivity contribution in [1.82, 2.24) is 24.4 Å². The maximum absolute atomic E-state index is 13.1. The van der Waals surface area contributed by atoms with Crippen LogP contribution in [0, 0.1) is 6.92 Å². The van der Waals surface area contributed by atoms with E-state index in [0.29, 0.717) is 29.1 Å². The number of anilines is 4. The third kappa shape index (κ3) is 7.18. The summed E-state index contributed by atoms with van der Waals surface area (Å²) in [4.78, 5) is 28.4. The van der Waals surface area contributed by atoms with E-state index in [1.54, 1.807) is 47.4 Å². The van der Waals surface area contributed by atoms with Crippen molar-refractivity contribution in [1.29, 1.82) is 0 Å². The number of morpholine rings is 1. The average molecular weight is 567 g/mol. The summed E-state index contributed by atoms with van der Waals surface area (Å²) in [7, 11) is 0. The van der Waals surface area contributed by atoms with E-state index < -0.39 is 17.6 Å². The summed E-state index contributed by atoms with van der Waals surface area (Å²) in [5.41, 5.74) is 0.916. The molecule has 13 heteroatoms. The quantitative estimate of drug-likeness (QED) is 0.267. The van der Waals surface area contributed by atoms with E-state index in [1.807, 2.05) is 6.92 Å². The first kappa shape index (κ1) is 28.1. The molecular formula is C28H29F3N8O2. The van der Waals surface area contributed by atoms with Crippen LogP contribution in [-0.2, 0) is 10.9 Å². The van der Waals surface area contributed by atoms with Gasteiger partial charge >= 0.3 is 6.18 Å². The number of benzene rings is 2. The van der Waals surface area contributed by atoms with Gasteiger partial charge < -0.3 is 20.7 Å². The zero-order valence-corrected chi connectivity index (χ0v) is 22.3. The Balaban J connectivity index is 1.27. The molecule has 4 aromatic rings. The van der Waals surface area contributed by atoms with Crippen molar-refractivity contribution in [2.24, 2.45) is 0 Å². The van der Waals surface area contributed by atoms with Gasteiger partial charge in [0, 0.05) is 61.7 Å². The monoisotopic (exact) mass is 566 g/mol. The topological polar surface area (TPSA) is 109 Å². The molecule has 0 bridgehead atoms. The minimum atomic E-state index is -4.54. The van der Waals surface area contributed by atoms with Crippen LogP contribution >= 0.6 is 0 Å². The summed E-state index contributed by atoms with van der Waals surface area (Å²) in [5.74, 6) is 0.880. The number of carbonyl (C=O) groups excluding carboxylic acids is 1. The highest BCUT2D eigenvalue weighted by atomic mass is 19.4. The number of aryl methyl sites for hydroxylation is 1. The van der Waals surface area contributed by atoms with Gasteiger partial charge in [-0.25, -0.2) is 9.97 Å². The molecule has 1 fully saturated rings. The Labute approximate surface area is 234 Å². The standard InChI is InChI=1S/C28H29F3N8O2/c1-19-5-6-22(35-25(40)20-3-2-4-21(17-20)28(29,30)31)18-23(19)36-26-34-10-12-39(26)27-33-8-7-24(37-27)32-9-11-38-13-15-41-16-14-38/h2-8,10,12,17-18H,9,11,13-16H2,1H3,(H,34,36)(H,35,40)(H,32,33,37). The van der Waals surface area contributed by atoms with Gasteiger partial charge in [0.25, 0.3) is 5.91 Å². The molecule has 3 N–H and O–H groups in total. The van der Waals surface area contributed by atoms with Gasteiger partial charge in [0.15, 0.2) is 0 Å². The Morgan fingerprint density at radius 1 is 1.05 bits per heavy atom. The van der Waals surface area contributed by atoms with E-state index in [9.17, 15) is 18.0 Å². The van der Waals surface area contributed by atoms with Crippen LogP contribution in [-0.4, -0.2) is 69.7 Å². The number of aromatic nitrogens is 4. The highest BCUT2D eigenvalue weighted by Crippen LogP contribution is 2.30. The maximum Gasteiger partial charge on any atom is 0.416 e. The normalized spacial score (nSPS) is 14.0. The number of carbonyl (C=O) groups is 1. The van der Waals surface area contributed by atoms with Crippen LogP contribution in [0.25, 0.3) is 5.95 Å². The van der Waals surface area contributed by atoms with E-state index in [1.165, 1.54) is 12.1 Å². The molecule has 1 saturated heterocycles. The van der Waals surface area contributed by atoms with E-state index in [-0.39, 0.29) is 5.56 Å². The minimum Gasteiger partial charge on any atom is -0.379 e. The summed E-state index contributed by atoms with van der Waals surface area (Å²) < 4.78 is 46.3. The van der Waals surface area contributed by atoms with Gasteiger partial charge in [-0.05, 0) is 48.9 Å². The van der Waals surface area contributed by atoms with Gasteiger partial charge in [0.2, 0.25) is 11.9 Å². The average Bonchev–Trinajstić information content (AvgIpc) is 3.43. The first-order chi connectivity index (χ1) is 19.8. The van der Waals surface area contributed by atoms with E-state index in [0.717, 1.165) is 57.1 Å². The lowest BCUT2D eigenvalue weighted by Crippen LogP contribution is -2.39. The summed E-state index contributed by atoms with van der Waals surface area (Å²) in [6.07, 6.45) is 0.461. The molecule has 5 rings (SSSR count). The molecular weight excluding hydrogens is 537 g/mol. The molecule has 0 atom stereocenters. The van der Waals surface area contributed by atoms with Gasteiger partial charge in [0.1, 0.15) is 5.82 Å². The molecule has 2 aromatic carbocycles. The van der Waals surface area contributed by atoms with Gasteiger partial charge in [0.05, 0.1) is 18.8 Å². The maximum atomic E-state index is 13.1. The third-order valence-electron chi connectivity index (χ3n) is 6.53. The van der Waals surface area contributed by atoms with Crippen LogP contribution in [0.5, 0.6) is 0 Å². The second-order valence-corrected chi connectivity index (χ2v) is 9.43. The van der Waals surface area contributed by atoms with Crippen LogP contribution in [0.15, 0.2) is 67.1 Å². The Morgan fingerprint density at radius 2 is 1.88 bits per heavy atom. The second-order valence-electron chi connectivity index (χ2n) is 9.43. The molecule has 0 spiro atoms. The summed E-state index contributed by atoms with van der Waals surface area (Å²) in [6, 6.07) is 11.2. The molecule has 0 radical (unpaired) electrons. The van der Waals surface area contributed by atoms with Crippen molar-refractivity contribution in [2.75, 3.05) is 55.3 Å². The van der Waals surface area contributed by atoms with E-state index >= 15 is 0 Å². The number of ether oxygens (including phenoxy) is 1. The number of amides is 1. The number of hydrogen-bond donors (Lipinski definition) is 3. The number of hydrogen-bond acceptors (Lipinski definition) is 8. The molecule has 41 heavy (non-hydrogen) atoms. The van der Waals surface area contributed by atoms with Crippen molar-refractivity contribution in [3.63, 3.8) is 0 Å². The molecule has 1 aliphatic rings. The minimum absolute atomic E-state index is 0.0963. The largest absolute Gasteiger partial charge is 0.416 e. The molecule has 1 aliphatic heterocycles. The van der Waals surface area contributed by atoms with Gasteiger partial charge in [-0.15, -0.1) is 0 Å². The smallest absolute Gasteiger partial charge is 0.379 e. The molecule has 214 valence electrons. The Bertz CT molecular complexity index is 1500. The lowest BCUT2D eigenvalue weighted by atomic mass is 10.1. The van der Waals surface area contributed by atoms with Crippen LogP contribution < -0.4 is 16.0 Å². The van der Waals surface area contributed by atoms with Crippen LogP contribution in [0.3, 0.4) is 0 Å². The van der Waals surface area contributed by atoms with Gasteiger partial charge in [-0.1, -0.05) is 12.1 Å². The highest BCUT2D eigenvalue weighted by molar-refractivity contribution is 6.04. The molecule has 2 aromatic heterocycles. The van der Waals surface area contributed by atoms with Gasteiger partial charge in [-0.2, -0.15) is 18.2 Å². The molecule has 0 unspecified atom stereocenters. The molecule has 0 saturated carbocycles. The Kier molecular flexibility index (Phi) is 8.45.